The second-order valence-corrected chi connectivity index (χ2v) is 7.03. The van der Waals surface area contributed by atoms with E-state index in [-0.39, 0.29) is 18.5 Å². The second kappa shape index (κ2) is 8.89. The summed E-state index contributed by atoms with van der Waals surface area (Å²) in [6.45, 7) is 2.34. The summed E-state index contributed by atoms with van der Waals surface area (Å²) in [4.78, 5) is 27.7. The first-order valence-corrected chi connectivity index (χ1v) is 9.31. The highest BCUT2D eigenvalue weighted by molar-refractivity contribution is 5.75. The van der Waals surface area contributed by atoms with Crippen molar-refractivity contribution >= 4 is 12.2 Å². The molecule has 29 heavy (non-hydrogen) atoms. The number of piperidine rings is 1. The van der Waals surface area contributed by atoms with Gasteiger partial charge < -0.3 is 24.0 Å². The molecule has 2 saturated heterocycles. The van der Waals surface area contributed by atoms with Crippen molar-refractivity contribution in [1.29, 1.82) is 0 Å². The molecule has 2 heterocycles. The van der Waals surface area contributed by atoms with Gasteiger partial charge in [0.2, 0.25) is 0 Å². The number of ether oxygens (including phenoxy) is 3. The number of urea groups is 1. The molecular weight excluding hydrogens is 393 g/mol. The predicted molar refractivity (Wildman–Crippen MR) is 95.4 cm³/mol. The molecule has 3 rings (SSSR count). The summed E-state index contributed by atoms with van der Waals surface area (Å²) in [6, 6.07) is 4.66. The Hall–Kier alpha value is -2.49. The van der Waals surface area contributed by atoms with Gasteiger partial charge in [-0.3, -0.25) is 0 Å². The Kier molecular flexibility index (Phi) is 6.51. The highest BCUT2D eigenvalue weighted by Gasteiger charge is 2.36. The summed E-state index contributed by atoms with van der Waals surface area (Å²) in [6.07, 6.45) is -5.51. The molecule has 0 bridgehead atoms. The van der Waals surface area contributed by atoms with Gasteiger partial charge in [-0.25, -0.2) is 9.59 Å². The van der Waals surface area contributed by atoms with E-state index in [9.17, 15) is 22.8 Å². The largest absolute Gasteiger partial charge is 0.508 e. The molecule has 0 aromatic heterocycles. The van der Waals surface area contributed by atoms with Gasteiger partial charge in [0, 0.05) is 25.6 Å². The van der Waals surface area contributed by atoms with Crippen LogP contribution in [0.5, 0.6) is 0 Å². The molecule has 10 heteroatoms. The number of methoxy groups -OCH3 is 1. The fourth-order valence-corrected chi connectivity index (χ4v) is 3.62. The molecule has 2 atom stereocenters. The van der Waals surface area contributed by atoms with Gasteiger partial charge in [0.25, 0.3) is 0 Å². The lowest BCUT2D eigenvalue weighted by Gasteiger charge is -2.40. The van der Waals surface area contributed by atoms with Crippen molar-refractivity contribution in [3.05, 3.63) is 35.4 Å². The molecule has 2 fully saturated rings. The summed E-state index contributed by atoms with van der Waals surface area (Å²) < 4.78 is 53.6. The van der Waals surface area contributed by atoms with E-state index in [1.54, 1.807) is 9.80 Å². The number of hydrogen-bond donors (Lipinski definition) is 0. The van der Waals surface area contributed by atoms with Crippen LogP contribution in [0.2, 0.25) is 0 Å². The van der Waals surface area contributed by atoms with Crippen LogP contribution in [0.3, 0.4) is 0 Å². The smallest absolute Gasteiger partial charge is 0.438 e. The van der Waals surface area contributed by atoms with E-state index in [2.05, 4.69) is 4.74 Å². The number of nitrogens with zero attached hydrogens (tertiary/aromatic N) is 2. The minimum atomic E-state index is -4.42. The molecule has 2 unspecified atom stereocenters. The Morgan fingerprint density at radius 2 is 1.72 bits per heavy atom. The molecular formula is C19H23F3N2O5. The zero-order valence-corrected chi connectivity index (χ0v) is 16.0. The van der Waals surface area contributed by atoms with Crippen LogP contribution >= 0.6 is 0 Å². The number of carbonyl (C=O) groups is 2. The Balaban J connectivity index is 1.77. The highest BCUT2D eigenvalue weighted by atomic mass is 19.4. The lowest BCUT2D eigenvalue weighted by Crippen LogP contribution is -2.54. The van der Waals surface area contributed by atoms with Gasteiger partial charge in [0.15, 0.2) is 0 Å². The molecule has 7 nitrogen and oxygen atoms in total. The Morgan fingerprint density at radius 3 is 2.31 bits per heavy atom. The third-order valence-electron chi connectivity index (χ3n) is 5.10. The zero-order valence-electron chi connectivity index (χ0n) is 16.0. The molecule has 0 aliphatic carbocycles. The molecule has 1 aromatic carbocycles. The quantitative estimate of drug-likeness (QED) is 0.693. The zero-order chi connectivity index (χ0) is 21.0. The number of benzene rings is 1. The molecule has 2 aliphatic heterocycles. The van der Waals surface area contributed by atoms with Crippen LogP contribution in [0, 0.1) is 0 Å². The number of amides is 2. The van der Waals surface area contributed by atoms with Gasteiger partial charge in [0.1, 0.15) is 6.10 Å². The van der Waals surface area contributed by atoms with Crippen molar-refractivity contribution in [1.82, 2.24) is 9.80 Å². The van der Waals surface area contributed by atoms with Crippen molar-refractivity contribution in [3.63, 3.8) is 0 Å². The van der Waals surface area contributed by atoms with Crippen molar-refractivity contribution in [2.45, 2.75) is 24.6 Å². The fourth-order valence-electron chi connectivity index (χ4n) is 3.62. The molecule has 2 aliphatic rings. The topological polar surface area (TPSA) is 68.3 Å². The highest BCUT2D eigenvalue weighted by Crippen LogP contribution is 2.33. The molecule has 1 aromatic rings. The van der Waals surface area contributed by atoms with E-state index in [1.807, 2.05) is 0 Å². The van der Waals surface area contributed by atoms with Gasteiger partial charge >= 0.3 is 18.4 Å². The summed E-state index contributed by atoms with van der Waals surface area (Å²) in [5.74, 6) is -0.273. The van der Waals surface area contributed by atoms with Crippen LogP contribution in [0.1, 0.15) is 23.5 Å². The Labute approximate surface area is 166 Å². The van der Waals surface area contributed by atoms with Gasteiger partial charge in [-0.15, -0.1) is 0 Å². The van der Waals surface area contributed by atoms with Crippen LogP contribution in [-0.2, 0) is 20.4 Å². The lowest BCUT2D eigenvalue weighted by atomic mass is 9.88. The number of rotatable bonds is 2. The van der Waals surface area contributed by atoms with E-state index in [1.165, 1.54) is 19.2 Å². The van der Waals surface area contributed by atoms with Crippen molar-refractivity contribution in [3.8, 4) is 0 Å². The maximum Gasteiger partial charge on any atom is 0.508 e. The second-order valence-electron chi connectivity index (χ2n) is 7.03. The first kappa shape index (κ1) is 21.2. The van der Waals surface area contributed by atoms with Gasteiger partial charge in [0.05, 0.1) is 32.4 Å². The molecule has 0 radical (unpaired) electrons. The predicted octanol–water partition coefficient (Wildman–Crippen LogP) is 3.10. The Morgan fingerprint density at radius 1 is 1.07 bits per heavy atom. The molecule has 2 amide bonds. The third-order valence-corrected chi connectivity index (χ3v) is 5.10. The average Bonchev–Trinajstić information content (AvgIpc) is 2.73. The van der Waals surface area contributed by atoms with E-state index in [0.717, 1.165) is 12.1 Å². The first-order chi connectivity index (χ1) is 13.8. The summed E-state index contributed by atoms with van der Waals surface area (Å²) in [5.41, 5.74) is -0.0865. The van der Waals surface area contributed by atoms with Crippen LogP contribution in [0.15, 0.2) is 24.3 Å². The van der Waals surface area contributed by atoms with Gasteiger partial charge in [-0.1, -0.05) is 12.1 Å². The number of carbonyl (C=O) groups excluding carboxylic acids is 2. The third kappa shape index (κ3) is 5.31. The maximum atomic E-state index is 12.9. The van der Waals surface area contributed by atoms with Crippen molar-refractivity contribution in [2.75, 3.05) is 46.5 Å². The monoisotopic (exact) mass is 416 g/mol. The van der Waals surface area contributed by atoms with Crippen molar-refractivity contribution in [2.24, 2.45) is 0 Å². The number of likely N-dealkylation sites (tertiary alicyclic amines) is 1. The average molecular weight is 416 g/mol. The van der Waals surface area contributed by atoms with E-state index < -0.39 is 24.0 Å². The number of alkyl halides is 3. The van der Waals surface area contributed by atoms with Crippen LogP contribution in [0.4, 0.5) is 22.8 Å². The Bertz CT molecular complexity index is 720. The van der Waals surface area contributed by atoms with Crippen LogP contribution in [-0.4, -0.2) is 74.6 Å². The minimum Gasteiger partial charge on any atom is -0.438 e. The first-order valence-electron chi connectivity index (χ1n) is 9.31. The van der Waals surface area contributed by atoms with Crippen LogP contribution in [0.25, 0.3) is 0 Å². The van der Waals surface area contributed by atoms with Crippen molar-refractivity contribution < 1.29 is 37.0 Å². The number of halogens is 3. The number of hydrogen-bond acceptors (Lipinski definition) is 5. The molecule has 0 saturated carbocycles. The van der Waals surface area contributed by atoms with E-state index in [0.29, 0.717) is 44.8 Å². The van der Waals surface area contributed by atoms with Crippen LogP contribution < -0.4 is 0 Å². The number of morpholine rings is 1. The van der Waals surface area contributed by atoms with Gasteiger partial charge in [-0.05, 0) is 24.1 Å². The standard InChI is InChI=1S/C19H23F3N2O5/c1-27-18(26)29-16-10-14(13-2-4-15(5-3-13)19(20,21)22)11-24(12-16)17(25)23-6-8-28-9-7-23/h2-5,14,16H,6-12H2,1H3. The maximum absolute atomic E-state index is 12.9. The molecule has 160 valence electrons. The fraction of sp³-hybridized carbons (Fsp3) is 0.579. The summed E-state index contributed by atoms with van der Waals surface area (Å²) >= 11 is 0. The van der Waals surface area contributed by atoms with E-state index >= 15 is 0 Å². The van der Waals surface area contributed by atoms with E-state index in [4.69, 9.17) is 9.47 Å². The molecule has 0 spiro atoms. The SMILES string of the molecule is COC(=O)OC1CC(c2ccc(C(F)(F)F)cc2)CN(C(=O)N2CCOCC2)C1. The summed E-state index contributed by atoms with van der Waals surface area (Å²) in [5, 5.41) is 0. The lowest BCUT2D eigenvalue weighted by molar-refractivity contribution is -0.137. The summed E-state index contributed by atoms with van der Waals surface area (Å²) in [7, 11) is 1.19. The molecule has 0 N–H and O–H groups in total. The minimum absolute atomic E-state index is 0.197. The normalized spacial score (nSPS) is 22.9. The van der Waals surface area contributed by atoms with Gasteiger partial charge in [-0.2, -0.15) is 13.2 Å².